The molecule has 1 aliphatic rings. The van der Waals surface area contributed by atoms with Gasteiger partial charge in [-0.1, -0.05) is 6.92 Å². The molecule has 0 unspecified atom stereocenters. The van der Waals surface area contributed by atoms with Gasteiger partial charge < -0.3 is 10.6 Å². The molecule has 3 heterocycles. The van der Waals surface area contributed by atoms with Crippen molar-refractivity contribution in [2.45, 2.75) is 26.2 Å². The predicted octanol–water partition coefficient (Wildman–Crippen LogP) is 2.18. The number of pyridine rings is 2. The van der Waals surface area contributed by atoms with Crippen molar-refractivity contribution in [3.05, 3.63) is 47.4 Å². The van der Waals surface area contributed by atoms with Gasteiger partial charge in [-0.15, -0.1) is 0 Å². The Morgan fingerprint density at radius 3 is 3.05 bits per heavy atom. The standard InChI is InChI=1S/C16H16N4O2/c1-2-10-8-17-6-5-12(10)16(22)20-14-7-11-3-4-15(21)19-13(11)9-18-14/h5-9H,2-4H2,1H3,(H,19,21)(H,18,20,22). The second-order valence-corrected chi connectivity index (χ2v) is 5.12. The van der Waals surface area contributed by atoms with E-state index in [1.807, 2.05) is 6.92 Å². The lowest BCUT2D eigenvalue weighted by atomic mass is 10.0. The zero-order chi connectivity index (χ0) is 15.5. The Balaban J connectivity index is 1.81. The second-order valence-electron chi connectivity index (χ2n) is 5.12. The summed E-state index contributed by atoms with van der Waals surface area (Å²) in [6.45, 7) is 1.98. The highest BCUT2D eigenvalue weighted by Crippen LogP contribution is 2.24. The molecule has 0 fully saturated rings. The minimum Gasteiger partial charge on any atom is -0.324 e. The lowest BCUT2D eigenvalue weighted by molar-refractivity contribution is -0.116. The topological polar surface area (TPSA) is 84.0 Å². The highest BCUT2D eigenvalue weighted by atomic mass is 16.2. The molecule has 0 saturated heterocycles. The number of aryl methyl sites for hydroxylation is 2. The van der Waals surface area contributed by atoms with Gasteiger partial charge in [-0.2, -0.15) is 0 Å². The number of nitrogens with zero attached hydrogens (tertiary/aromatic N) is 2. The van der Waals surface area contributed by atoms with Crippen LogP contribution in [0.25, 0.3) is 0 Å². The molecule has 0 aliphatic carbocycles. The molecule has 6 heteroatoms. The van der Waals surface area contributed by atoms with E-state index < -0.39 is 0 Å². The summed E-state index contributed by atoms with van der Waals surface area (Å²) >= 11 is 0. The summed E-state index contributed by atoms with van der Waals surface area (Å²) in [5.41, 5.74) is 3.19. The highest BCUT2D eigenvalue weighted by Gasteiger charge is 2.17. The molecule has 2 aromatic heterocycles. The summed E-state index contributed by atoms with van der Waals surface area (Å²) in [5, 5.41) is 5.57. The summed E-state index contributed by atoms with van der Waals surface area (Å²) < 4.78 is 0. The van der Waals surface area contributed by atoms with Crippen LogP contribution in [0.5, 0.6) is 0 Å². The fourth-order valence-electron chi connectivity index (χ4n) is 2.46. The van der Waals surface area contributed by atoms with E-state index in [4.69, 9.17) is 0 Å². The molecule has 2 amide bonds. The number of anilines is 2. The van der Waals surface area contributed by atoms with Crippen LogP contribution in [0.2, 0.25) is 0 Å². The molecule has 112 valence electrons. The van der Waals surface area contributed by atoms with Gasteiger partial charge in [0.1, 0.15) is 5.82 Å². The van der Waals surface area contributed by atoms with E-state index in [0.717, 1.165) is 17.5 Å². The van der Waals surface area contributed by atoms with Gasteiger partial charge in [-0.25, -0.2) is 4.98 Å². The van der Waals surface area contributed by atoms with E-state index >= 15 is 0 Å². The van der Waals surface area contributed by atoms with Gasteiger partial charge in [0.05, 0.1) is 11.9 Å². The van der Waals surface area contributed by atoms with E-state index in [-0.39, 0.29) is 11.8 Å². The summed E-state index contributed by atoms with van der Waals surface area (Å²) in [6, 6.07) is 3.51. The van der Waals surface area contributed by atoms with Crippen LogP contribution in [-0.2, 0) is 17.6 Å². The first-order valence-electron chi connectivity index (χ1n) is 7.20. The molecule has 0 atom stereocenters. The van der Waals surface area contributed by atoms with Gasteiger partial charge >= 0.3 is 0 Å². The van der Waals surface area contributed by atoms with E-state index in [0.29, 0.717) is 29.9 Å². The number of nitrogens with one attached hydrogen (secondary N) is 2. The molecule has 3 rings (SSSR count). The Bertz CT molecular complexity index is 743. The van der Waals surface area contributed by atoms with Crippen LogP contribution in [0.3, 0.4) is 0 Å². The van der Waals surface area contributed by atoms with E-state index in [2.05, 4.69) is 20.6 Å². The van der Waals surface area contributed by atoms with Crippen molar-refractivity contribution in [3.63, 3.8) is 0 Å². The van der Waals surface area contributed by atoms with E-state index in [9.17, 15) is 9.59 Å². The number of rotatable bonds is 3. The molecule has 0 radical (unpaired) electrons. The SMILES string of the molecule is CCc1cnccc1C(=O)Nc1cc2c(cn1)NC(=O)CC2. The zero-order valence-corrected chi connectivity index (χ0v) is 12.2. The average Bonchev–Trinajstić information content (AvgIpc) is 2.55. The average molecular weight is 296 g/mol. The normalized spacial score (nSPS) is 13.2. The van der Waals surface area contributed by atoms with Crippen LogP contribution in [0.15, 0.2) is 30.7 Å². The van der Waals surface area contributed by atoms with E-state index in [1.165, 1.54) is 0 Å². The smallest absolute Gasteiger partial charge is 0.257 e. The van der Waals surface area contributed by atoms with E-state index in [1.54, 1.807) is 30.7 Å². The first-order valence-corrected chi connectivity index (χ1v) is 7.20. The largest absolute Gasteiger partial charge is 0.324 e. The summed E-state index contributed by atoms with van der Waals surface area (Å²) in [4.78, 5) is 31.9. The van der Waals surface area contributed by atoms with Gasteiger partial charge in [0, 0.05) is 24.4 Å². The summed E-state index contributed by atoms with van der Waals surface area (Å²) in [7, 11) is 0. The van der Waals surface area contributed by atoms with Crippen LogP contribution in [0.4, 0.5) is 11.5 Å². The maximum atomic E-state index is 12.4. The number of fused-ring (bicyclic) bond motifs is 1. The van der Waals surface area contributed by atoms with Gasteiger partial charge in [-0.3, -0.25) is 14.6 Å². The fraction of sp³-hybridized carbons (Fsp3) is 0.250. The van der Waals surface area contributed by atoms with Gasteiger partial charge in [-0.05, 0) is 36.1 Å². The summed E-state index contributed by atoms with van der Waals surface area (Å²) in [5.74, 6) is 0.278. The molecule has 0 aromatic carbocycles. The lowest BCUT2D eigenvalue weighted by Crippen LogP contribution is -2.20. The van der Waals surface area contributed by atoms with Crippen LogP contribution in [-0.4, -0.2) is 21.8 Å². The molecule has 2 N–H and O–H groups in total. The quantitative estimate of drug-likeness (QED) is 0.909. The maximum Gasteiger partial charge on any atom is 0.257 e. The molecule has 6 nitrogen and oxygen atoms in total. The third-order valence-electron chi connectivity index (χ3n) is 3.66. The molecular formula is C16H16N4O2. The van der Waals surface area contributed by atoms with Crippen molar-refractivity contribution in [1.29, 1.82) is 0 Å². The molecule has 22 heavy (non-hydrogen) atoms. The monoisotopic (exact) mass is 296 g/mol. The molecule has 2 aromatic rings. The van der Waals surface area contributed by atoms with Crippen molar-refractivity contribution in [2.75, 3.05) is 10.6 Å². The first-order chi connectivity index (χ1) is 10.7. The van der Waals surface area contributed by atoms with Crippen LogP contribution < -0.4 is 10.6 Å². The number of amides is 2. The number of hydrogen-bond donors (Lipinski definition) is 2. The molecular weight excluding hydrogens is 280 g/mol. The van der Waals surface area contributed by atoms with Crippen molar-refractivity contribution < 1.29 is 9.59 Å². The molecule has 0 saturated carbocycles. The van der Waals surface area contributed by atoms with Crippen LogP contribution in [0, 0.1) is 0 Å². The Kier molecular flexibility index (Phi) is 3.82. The minimum absolute atomic E-state index is 0.00420. The third kappa shape index (κ3) is 2.81. The van der Waals surface area contributed by atoms with Gasteiger partial charge in [0.15, 0.2) is 0 Å². The second kappa shape index (κ2) is 5.93. The van der Waals surface area contributed by atoms with Gasteiger partial charge in [0.2, 0.25) is 5.91 Å². The molecule has 0 spiro atoms. The lowest BCUT2D eigenvalue weighted by Gasteiger charge is -2.17. The Hall–Kier alpha value is -2.76. The van der Waals surface area contributed by atoms with Crippen molar-refractivity contribution >= 4 is 23.3 Å². The zero-order valence-electron chi connectivity index (χ0n) is 12.2. The van der Waals surface area contributed by atoms with Crippen LogP contribution in [0.1, 0.15) is 34.8 Å². The summed E-state index contributed by atoms with van der Waals surface area (Å²) in [6.07, 6.45) is 6.72. The van der Waals surface area contributed by atoms with Crippen molar-refractivity contribution in [1.82, 2.24) is 9.97 Å². The Morgan fingerprint density at radius 1 is 1.36 bits per heavy atom. The number of carbonyl (C=O) groups excluding carboxylic acids is 2. The maximum absolute atomic E-state index is 12.4. The Morgan fingerprint density at radius 2 is 2.23 bits per heavy atom. The highest BCUT2D eigenvalue weighted by molar-refractivity contribution is 6.05. The number of carbonyl (C=O) groups is 2. The number of aromatic nitrogens is 2. The van der Waals surface area contributed by atoms with Crippen molar-refractivity contribution in [3.8, 4) is 0 Å². The number of hydrogen-bond acceptors (Lipinski definition) is 4. The molecule has 0 bridgehead atoms. The first kappa shape index (κ1) is 14.2. The predicted molar refractivity (Wildman–Crippen MR) is 82.8 cm³/mol. The van der Waals surface area contributed by atoms with Crippen molar-refractivity contribution in [2.24, 2.45) is 0 Å². The van der Waals surface area contributed by atoms with Crippen LogP contribution >= 0.6 is 0 Å². The minimum atomic E-state index is -0.202. The fourth-order valence-corrected chi connectivity index (χ4v) is 2.46. The third-order valence-corrected chi connectivity index (χ3v) is 3.66. The Labute approximate surface area is 128 Å². The molecule has 1 aliphatic heterocycles. The van der Waals surface area contributed by atoms with Gasteiger partial charge in [0.25, 0.3) is 5.91 Å².